The van der Waals surface area contributed by atoms with Crippen molar-refractivity contribution >= 4 is 17.5 Å². The highest BCUT2D eigenvalue weighted by atomic mass is 35.5. The molecule has 0 aliphatic carbocycles. The van der Waals surface area contributed by atoms with Crippen molar-refractivity contribution in [1.82, 2.24) is 4.90 Å². The highest BCUT2D eigenvalue weighted by Crippen LogP contribution is 2.42. The van der Waals surface area contributed by atoms with E-state index in [1.807, 2.05) is 54.6 Å². The van der Waals surface area contributed by atoms with E-state index in [9.17, 15) is 4.79 Å². The first kappa shape index (κ1) is 19.9. The average molecular weight is 385 g/mol. The van der Waals surface area contributed by atoms with Crippen LogP contribution in [0.25, 0.3) is 0 Å². The van der Waals surface area contributed by atoms with E-state index in [0.717, 1.165) is 24.2 Å². The summed E-state index contributed by atoms with van der Waals surface area (Å²) in [6, 6.07) is 17.5. The van der Waals surface area contributed by atoms with Gasteiger partial charge in [0.1, 0.15) is 5.41 Å². The molecule has 1 fully saturated rings. The van der Waals surface area contributed by atoms with Crippen LogP contribution in [0.4, 0.5) is 0 Å². The van der Waals surface area contributed by atoms with E-state index in [4.69, 9.17) is 17.3 Å². The van der Waals surface area contributed by atoms with Crippen molar-refractivity contribution in [2.45, 2.75) is 44.6 Å². The van der Waals surface area contributed by atoms with E-state index < -0.39 is 5.41 Å². The zero-order valence-corrected chi connectivity index (χ0v) is 17.2. The third kappa shape index (κ3) is 3.63. The molecule has 0 bridgehead atoms. The highest BCUT2D eigenvalue weighted by Gasteiger charge is 2.47. The van der Waals surface area contributed by atoms with Gasteiger partial charge in [-0.15, -0.1) is 0 Å². The second kappa shape index (κ2) is 7.65. The molecule has 3 rings (SSSR count). The van der Waals surface area contributed by atoms with Crippen molar-refractivity contribution in [2.75, 3.05) is 13.1 Å². The van der Waals surface area contributed by atoms with E-state index in [1.54, 1.807) is 0 Å². The molecule has 2 unspecified atom stereocenters. The van der Waals surface area contributed by atoms with Gasteiger partial charge in [0.2, 0.25) is 5.91 Å². The molecule has 144 valence electrons. The minimum absolute atomic E-state index is 0.0101. The van der Waals surface area contributed by atoms with Crippen molar-refractivity contribution in [3.63, 3.8) is 0 Å². The number of rotatable bonds is 6. The fourth-order valence-electron chi connectivity index (χ4n) is 4.65. The molecular weight excluding hydrogens is 356 g/mol. The minimum Gasteiger partial charge on any atom is -0.369 e. The molecule has 2 aromatic carbocycles. The molecule has 1 amide bonds. The fraction of sp³-hybridized carbons (Fsp3) is 0.435. The van der Waals surface area contributed by atoms with E-state index in [2.05, 4.69) is 25.7 Å². The number of halogens is 1. The van der Waals surface area contributed by atoms with Gasteiger partial charge in [-0.2, -0.15) is 0 Å². The Morgan fingerprint density at radius 3 is 2.26 bits per heavy atom. The first-order valence-corrected chi connectivity index (χ1v) is 10.0. The SMILES string of the molecule is CC(CN1CCCC1(C)C)C(C(N)=O)(c1ccccc1)c1ccc(Cl)cc1. The Morgan fingerprint density at radius 2 is 1.74 bits per heavy atom. The van der Waals surface area contributed by atoms with Crippen LogP contribution in [0.2, 0.25) is 5.02 Å². The van der Waals surface area contributed by atoms with Gasteiger partial charge in [-0.25, -0.2) is 0 Å². The van der Waals surface area contributed by atoms with Gasteiger partial charge in [-0.05, 0) is 62.4 Å². The summed E-state index contributed by atoms with van der Waals surface area (Å²) < 4.78 is 0. The smallest absolute Gasteiger partial charge is 0.232 e. The Morgan fingerprint density at radius 1 is 1.15 bits per heavy atom. The van der Waals surface area contributed by atoms with Crippen molar-refractivity contribution in [1.29, 1.82) is 0 Å². The lowest BCUT2D eigenvalue weighted by atomic mass is 9.65. The predicted molar refractivity (Wildman–Crippen MR) is 112 cm³/mol. The molecule has 2 aromatic rings. The van der Waals surface area contributed by atoms with Gasteiger partial charge in [0, 0.05) is 17.1 Å². The summed E-state index contributed by atoms with van der Waals surface area (Å²) in [5, 5.41) is 0.651. The monoisotopic (exact) mass is 384 g/mol. The number of nitrogens with two attached hydrogens (primary N) is 1. The molecule has 0 saturated carbocycles. The molecule has 1 saturated heterocycles. The number of likely N-dealkylation sites (tertiary alicyclic amines) is 1. The van der Waals surface area contributed by atoms with Crippen LogP contribution in [-0.2, 0) is 10.2 Å². The largest absolute Gasteiger partial charge is 0.369 e. The van der Waals surface area contributed by atoms with E-state index >= 15 is 0 Å². The maximum absolute atomic E-state index is 13.1. The summed E-state index contributed by atoms with van der Waals surface area (Å²) >= 11 is 6.12. The number of nitrogens with zero attached hydrogens (tertiary/aromatic N) is 1. The number of hydrogen-bond donors (Lipinski definition) is 1. The average Bonchev–Trinajstić information content (AvgIpc) is 2.96. The second-order valence-electron chi connectivity index (χ2n) is 8.31. The lowest BCUT2D eigenvalue weighted by molar-refractivity contribution is -0.124. The van der Waals surface area contributed by atoms with Gasteiger partial charge >= 0.3 is 0 Å². The number of carbonyl (C=O) groups is 1. The van der Waals surface area contributed by atoms with E-state index in [1.165, 1.54) is 12.8 Å². The van der Waals surface area contributed by atoms with Crippen LogP contribution in [0.1, 0.15) is 44.7 Å². The number of carbonyl (C=O) groups excluding carboxylic acids is 1. The normalized spacial score (nSPS) is 20.1. The van der Waals surface area contributed by atoms with Gasteiger partial charge in [0.05, 0.1) is 0 Å². The van der Waals surface area contributed by atoms with Crippen LogP contribution in [0, 0.1) is 5.92 Å². The molecule has 3 nitrogen and oxygen atoms in total. The van der Waals surface area contributed by atoms with Crippen LogP contribution < -0.4 is 5.73 Å². The van der Waals surface area contributed by atoms with Crippen LogP contribution in [0.5, 0.6) is 0 Å². The third-order valence-electron chi connectivity index (χ3n) is 6.22. The number of amides is 1. The quantitative estimate of drug-likeness (QED) is 0.789. The van der Waals surface area contributed by atoms with Crippen molar-refractivity contribution in [3.8, 4) is 0 Å². The molecule has 2 atom stereocenters. The molecule has 1 heterocycles. The summed E-state index contributed by atoms with van der Waals surface area (Å²) in [6.07, 6.45) is 2.37. The molecule has 2 N–H and O–H groups in total. The molecule has 0 aromatic heterocycles. The lowest BCUT2D eigenvalue weighted by Gasteiger charge is -2.42. The Balaban J connectivity index is 2.11. The molecule has 0 radical (unpaired) electrons. The van der Waals surface area contributed by atoms with E-state index in [-0.39, 0.29) is 17.4 Å². The standard InChI is InChI=1S/C23H29ClN2O/c1-17(16-26-15-7-14-22(26,2)3)23(21(25)27,18-8-5-4-6-9-18)19-10-12-20(24)13-11-19/h4-6,8-13,17H,7,14-16H2,1-3H3,(H2,25,27). The number of benzene rings is 2. The van der Waals surface area contributed by atoms with Gasteiger partial charge in [-0.1, -0.05) is 61.0 Å². The van der Waals surface area contributed by atoms with Crippen molar-refractivity contribution in [2.24, 2.45) is 11.7 Å². The summed E-state index contributed by atoms with van der Waals surface area (Å²) in [4.78, 5) is 15.5. The Bertz CT molecular complexity index is 788. The minimum atomic E-state index is -0.898. The molecular formula is C23H29ClN2O. The maximum atomic E-state index is 13.1. The van der Waals surface area contributed by atoms with Crippen LogP contribution >= 0.6 is 11.6 Å². The summed E-state index contributed by atoms with van der Waals surface area (Å²) in [5.74, 6) is -0.309. The van der Waals surface area contributed by atoms with Crippen LogP contribution in [0.15, 0.2) is 54.6 Å². The van der Waals surface area contributed by atoms with Crippen LogP contribution in [-0.4, -0.2) is 29.4 Å². The predicted octanol–water partition coefficient (Wildman–Crippen LogP) is 4.62. The zero-order chi connectivity index (χ0) is 19.7. The third-order valence-corrected chi connectivity index (χ3v) is 6.48. The molecule has 27 heavy (non-hydrogen) atoms. The Labute approximate surface area is 167 Å². The maximum Gasteiger partial charge on any atom is 0.232 e. The second-order valence-corrected chi connectivity index (χ2v) is 8.74. The van der Waals surface area contributed by atoms with E-state index in [0.29, 0.717) is 5.02 Å². The summed E-state index contributed by atoms with van der Waals surface area (Å²) in [5.41, 5.74) is 7.21. The molecule has 1 aliphatic rings. The van der Waals surface area contributed by atoms with Crippen LogP contribution in [0.3, 0.4) is 0 Å². The first-order chi connectivity index (χ1) is 12.8. The molecule has 1 aliphatic heterocycles. The summed E-state index contributed by atoms with van der Waals surface area (Å²) in [7, 11) is 0. The van der Waals surface area contributed by atoms with Gasteiger partial charge in [0.15, 0.2) is 0 Å². The molecule has 4 heteroatoms. The number of hydrogen-bond acceptors (Lipinski definition) is 2. The fourth-order valence-corrected chi connectivity index (χ4v) is 4.77. The molecule has 0 spiro atoms. The lowest BCUT2D eigenvalue weighted by Crippen LogP contribution is -2.52. The Hall–Kier alpha value is -1.84. The summed E-state index contributed by atoms with van der Waals surface area (Å²) in [6.45, 7) is 8.57. The number of primary amides is 1. The van der Waals surface area contributed by atoms with Crippen molar-refractivity contribution in [3.05, 3.63) is 70.7 Å². The van der Waals surface area contributed by atoms with Crippen molar-refractivity contribution < 1.29 is 4.79 Å². The van der Waals surface area contributed by atoms with Gasteiger partial charge < -0.3 is 5.73 Å². The topological polar surface area (TPSA) is 46.3 Å². The zero-order valence-electron chi connectivity index (χ0n) is 16.4. The van der Waals surface area contributed by atoms with Gasteiger partial charge in [0.25, 0.3) is 0 Å². The highest BCUT2D eigenvalue weighted by molar-refractivity contribution is 6.30. The van der Waals surface area contributed by atoms with Gasteiger partial charge in [-0.3, -0.25) is 9.69 Å². The Kier molecular flexibility index (Phi) is 5.64. The first-order valence-electron chi connectivity index (χ1n) is 9.65.